The normalized spacial score (nSPS) is 14.1. The molecule has 166 valence electrons. The molecule has 1 aliphatic heterocycles. The van der Waals surface area contributed by atoms with Crippen LogP contribution in [0.1, 0.15) is 36.5 Å². The lowest BCUT2D eigenvalue weighted by molar-refractivity contribution is -0.129. The Morgan fingerprint density at radius 1 is 1.00 bits per heavy atom. The molecule has 6 nitrogen and oxygen atoms in total. The number of carbonyl (C=O) groups is 2. The molecule has 0 saturated carbocycles. The van der Waals surface area contributed by atoms with Crippen LogP contribution < -0.4 is 15.0 Å². The Bertz CT molecular complexity index is 855. The Balaban J connectivity index is 1.45. The summed E-state index contributed by atoms with van der Waals surface area (Å²) in [5.41, 5.74) is 1.44. The topological polar surface area (TPSA) is 61.9 Å². The lowest BCUT2D eigenvalue weighted by atomic mass is 10.2. The van der Waals surface area contributed by atoms with Crippen LogP contribution in [0, 0.1) is 5.82 Å². The molecule has 2 amide bonds. The fourth-order valence-electron chi connectivity index (χ4n) is 3.48. The third-order valence-electron chi connectivity index (χ3n) is 5.32. The number of nitrogens with one attached hydrogen (secondary N) is 1. The average Bonchev–Trinajstić information content (AvgIpc) is 3.05. The summed E-state index contributed by atoms with van der Waals surface area (Å²) in [7, 11) is 0. The van der Waals surface area contributed by atoms with E-state index in [-0.39, 0.29) is 24.2 Å². The van der Waals surface area contributed by atoms with Crippen molar-refractivity contribution in [1.29, 1.82) is 0 Å². The van der Waals surface area contributed by atoms with E-state index >= 15 is 0 Å². The monoisotopic (exact) mass is 427 g/mol. The van der Waals surface area contributed by atoms with E-state index in [9.17, 15) is 14.0 Å². The Kier molecular flexibility index (Phi) is 8.27. The summed E-state index contributed by atoms with van der Waals surface area (Å²) in [6.07, 6.45) is 2.87. The van der Waals surface area contributed by atoms with E-state index in [0.29, 0.717) is 31.8 Å². The fraction of sp³-hybridized carbons (Fsp3) is 0.417. The second-order valence-electron chi connectivity index (χ2n) is 7.61. The van der Waals surface area contributed by atoms with Crippen molar-refractivity contribution in [2.75, 3.05) is 44.2 Å². The molecule has 1 aliphatic rings. The Morgan fingerprint density at radius 2 is 1.74 bits per heavy atom. The first kappa shape index (κ1) is 22.6. The first-order valence-corrected chi connectivity index (χ1v) is 10.9. The molecule has 1 N–H and O–H groups in total. The summed E-state index contributed by atoms with van der Waals surface area (Å²) < 4.78 is 18.7. The molecular formula is C24H30FN3O3. The van der Waals surface area contributed by atoms with E-state index in [4.69, 9.17) is 4.74 Å². The first-order chi connectivity index (χ1) is 15.1. The van der Waals surface area contributed by atoms with Crippen molar-refractivity contribution < 1.29 is 18.7 Å². The maximum Gasteiger partial charge on any atom is 0.251 e. The number of ether oxygens (including phenoxy) is 1. The van der Waals surface area contributed by atoms with Gasteiger partial charge in [0.05, 0.1) is 13.2 Å². The second kappa shape index (κ2) is 11.3. The maximum atomic E-state index is 13.1. The molecule has 1 fully saturated rings. The molecule has 0 aromatic heterocycles. The van der Waals surface area contributed by atoms with Gasteiger partial charge in [-0.15, -0.1) is 0 Å². The van der Waals surface area contributed by atoms with Crippen LogP contribution in [-0.2, 0) is 4.79 Å². The van der Waals surface area contributed by atoms with Crippen LogP contribution in [-0.4, -0.2) is 56.0 Å². The molecule has 2 aromatic rings. The van der Waals surface area contributed by atoms with Crippen molar-refractivity contribution in [3.63, 3.8) is 0 Å². The number of hydrogen-bond donors (Lipinski definition) is 1. The Morgan fingerprint density at radius 3 is 2.45 bits per heavy atom. The summed E-state index contributed by atoms with van der Waals surface area (Å²) >= 11 is 0. The molecule has 0 radical (unpaired) electrons. The number of amides is 2. The van der Waals surface area contributed by atoms with Gasteiger partial charge in [0, 0.05) is 37.4 Å². The number of halogens is 1. The lowest BCUT2D eigenvalue weighted by Gasteiger charge is -2.23. The van der Waals surface area contributed by atoms with Crippen LogP contribution in [0.5, 0.6) is 5.75 Å². The molecule has 0 aliphatic carbocycles. The zero-order valence-corrected chi connectivity index (χ0v) is 18.0. The number of unbranched alkanes of at least 4 members (excludes halogenated alkanes) is 1. The third-order valence-corrected chi connectivity index (χ3v) is 5.32. The standard InChI is InChI=1S/C24H30FN3O3/c1-2-3-17-31-22-11-5-19(6-12-22)24(30)26-18-23(29)28-14-4-13-27(15-16-28)21-9-7-20(25)8-10-21/h5-12H,2-4,13-18H2,1H3,(H,26,30). The molecule has 2 aromatic carbocycles. The number of rotatable bonds is 8. The minimum absolute atomic E-state index is 0.0376. The summed E-state index contributed by atoms with van der Waals surface area (Å²) in [6.45, 7) is 5.39. The van der Waals surface area contributed by atoms with Crippen molar-refractivity contribution in [2.24, 2.45) is 0 Å². The van der Waals surface area contributed by atoms with Crippen LogP contribution in [0.2, 0.25) is 0 Å². The van der Waals surface area contributed by atoms with Gasteiger partial charge in [-0.25, -0.2) is 4.39 Å². The molecule has 3 rings (SSSR count). The molecule has 0 spiro atoms. The van der Waals surface area contributed by atoms with Crippen LogP contribution in [0.25, 0.3) is 0 Å². The van der Waals surface area contributed by atoms with Crippen LogP contribution in [0.4, 0.5) is 10.1 Å². The summed E-state index contributed by atoms with van der Waals surface area (Å²) in [4.78, 5) is 28.9. The van der Waals surface area contributed by atoms with Gasteiger partial charge >= 0.3 is 0 Å². The molecule has 1 heterocycles. The van der Waals surface area contributed by atoms with Crippen molar-refractivity contribution in [3.8, 4) is 5.75 Å². The predicted molar refractivity (Wildman–Crippen MR) is 119 cm³/mol. The van der Waals surface area contributed by atoms with Gasteiger partial charge in [0.1, 0.15) is 11.6 Å². The summed E-state index contributed by atoms with van der Waals surface area (Å²) in [6, 6.07) is 13.4. The number of carbonyl (C=O) groups excluding carboxylic acids is 2. The van der Waals surface area contributed by atoms with Crippen molar-refractivity contribution in [1.82, 2.24) is 10.2 Å². The molecule has 31 heavy (non-hydrogen) atoms. The van der Waals surface area contributed by atoms with Gasteiger partial charge in [-0.2, -0.15) is 0 Å². The van der Waals surface area contributed by atoms with Gasteiger partial charge in [-0.05, 0) is 61.4 Å². The van der Waals surface area contributed by atoms with Crippen molar-refractivity contribution >= 4 is 17.5 Å². The molecular weight excluding hydrogens is 397 g/mol. The van der Waals surface area contributed by atoms with Crippen LogP contribution in [0.3, 0.4) is 0 Å². The predicted octanol–water partition coefficient (Wildman–Crippen LogP) is 3.47. The number of benzene rings is 2. The van der Waals surface area contributed by atoms with E-state index in [1.807, 2.05) is 0 Å². The van der Waals surface area contributed by atoms with Crippen LogP contribution in [0.15, 0.2) is 48.5 Å². The smallest absolute Gasteiger partial charge is 0.251 e. The fourth-order valence-corrected chi connectivity index (χ4v) is 3.48. The van der Waals surface area contributed by atoms with Crippen molar-refractivity contribution in [3.05, 3.63) is 59.9 Å². The Labute approximate surface area is 183 Å². The summed E-state index contributed by atoms with van der Waals surface area (Å²) in [5, 5.41) is 2.71. The highest BCUT2D eigenvalue weighted by molar-refractivity contribution is 5.96. The zero-order valence-electron chi connectivity index (χ0n) is 18.0. The van der Waals surface area contributed by atoms with Crippen LogP contribution >= 0.6 is 0 Å². The molecule has 1 saturated heterocycles. The molecule has 0 bridgehead atoms. The van der Waals surface area contributed by atoms with Gasteiger partial charge in [0.2, 0.25) is 5.91 Å². The molecule has 7 heteroatoms. The van der Waals surface area contributed by atoms with Crippen molar-refractivity contribution in [2.45, 2.75) is 26.2 Å². The van der Waals surface area contributed by atoms with Gasteiger partial charge in [-0.3, -0.25) is 9.59 Å². The highest BCUT2D eigenvalue weighted by Gasteiger charge is 2.20. The van der Waals surface area contributed by atoms with Gasteiger partial charge in [0.15, 0.2) is 0 Å². The number of hydrogen-bond acceptors (Lipinski definition) is 4. The van der Waals surface area contributed by atoms with E-state index < -0.39 is 0 Å². The zero-order chi connectivity index (χ0) is 22.1. The minimum Gasteiger partial charge on any atom is -0.494 e. The van der Waals surface area contributed by atoms with E-state index in [2.05, 4.69) is 17.1 Å². The van der Waals surface area contributed by atoms with Gasteiger partial charge in [-0.1, -0.05) is 13.3 Å². The lowest BCUT2D eigenvalue weighted by Crippen LogP contribution is -2.42. The highest BCUT2D eigenvalue weighted by atomic mass is 19.1. The van der Waals surface area contributed by atoms with E-state index in [1.54, 1.807) is 41.3 Å². The maximum absolute atomic E-state index is 13.1. The number of nitrogens with zero attached hydrogens (tertiary/aromatic N) is 2. The Hall–Kier alpha value is -3.09. The largest absolute Gasteiger partial charge is 0.494 e. The van der Waals surface area contributed by atoms with E-state index in [1.165, 1.54) is 12.1 Å². The van der Waals surface area contributed by atoms with Gasteiger partial charge < -0.3 is 19.9 Å². The first-order valence-electron chi connectivity index (χ1n) is 10.9. The number of anilines is 1. The molecule has 0 atom stereocenters. The summed E-state index contributed by atoms with van der Waals surface area (Å²) in [5.74, 6) is 0.0890. The van der Waals surface area contributed by atoms with Gasteiger partial charge in [0.25, 0.3) is 5.91 Å². The SMILES string of the molecule is CCCCOc1ccc(C(=O)NCC(=O)N2CCCN(c3ccc(F)cc3)CC2)cc1. The van der Waals surface area contributed by atoms with E-state index in [0.717, 1.165) is 37.2 Å². The quantitative estimate of drug-likeness (QED) is 0.656. The highest BCUT2D eigenvalue weighted by Crippen LogP contribution is 2.17. The minimum atomic E-state index is -0.281. The second-order valence-corrected chi connectivity index (χ2v) is 7.61. The third kappa shape index (κ3) is 6.70. The molecule has 0 unspecified atom stereocenters. The average molecular weight is 428 g/mol.